The third kappa shape index (κ3) is 4.06. The van der Waals surface area contributed by atoms with Crippen LogP contribution < -0.4 is 0 Å². The van der Waals surface area contributed by atoms with Crippen LogP contribution in [0.15, 0.2) is 24.3 Å². The molecule has 0 unspecified atom stereocenters. The van der Waals surface area contributed by atoms with Crippen molar-refractivity contribution in [1.29, 1.82) is 0 Å². The third-order valence-corrected chi connectivity index (χ3v) is 6.36. The number of benzene rings is 1. The SMILES string of the molecule is Cn1nc(CN(C(=O)CCc2cccc(Cl)c2)C2CCCC2)c2c1CCC2. The first kappa shape index (κ1) is 18.5. The number of aryl methyl sites for hydroxylation is 2. The Bertz CT molecular complexity index is 823. The maximum Gasteiger partial charge on any atom is 0.223 e. The molecular weight excluding hydrogens is 358 g/mol. The van der Waals surface area contributed by atoms with Gasteiger partial charge < -0.3 is 4.90 Å². The van der Waals surface area contributed by atoms with Crippen LogP contribution in [0.25, 0.3) is 0 Å². The molecule has 4 rings (SSSR count). The van der Waals surface area contributed by atoms with Gasteiger partial charge in [-0.25, -0.2) is 0 Å². The second kappa shape index (κ2) is 8.05. The molecule has 0 N–H and O–H groups in total. The standard InChI is InChI=1S/C22H28ClN3O/c1-25-21-11-5-10-19(21)20(24-25)15-26(18-8-2-3-9-18)22(27)13-12-16-6-4-7-17(23)14-16/h4,6-7,14,18H,2-3,5,8-13,15H2,1H3. The van der Waals surface area contributed by atoms with Gasteiger partial charge in [0.2, 0.25) is 5.91 Å². The van der Waals surface area contributed by atoms with Crippen LogP contribution in [0.5, 0.6) is 0 Å². The molecule has 0 spiro atoms. The summed E-state index contributed by atoms with van der Waals surface area (Å²) in [4.78, 5) is 15.3. The maximum atomic E-state index is 13.2. The lowest BCUT2D eigenvalue weighted by molar-refractivity contribution is -0.134. The van der Waals surface area contributed by atoms with Crippen molar-refractivity contribution >= 4 is 17.5 Å². The Balaban J connectivity index is 1.49. The molecule has 5 heteroatoms. The summed E-state index contributed by atoms with van der Waals surface area (Å²) in [7, 11) is 2.04. The van der Waals surface area contributed by atoms with E-state index in [1.54, 1.807) is 0 Å². The van der Waals surface area contributed by atoms with Crippen molar-refractivity contribution in [2.75, 3.05) is 0 Å². The summed E-state index contributed by atoms with van der Waals surface area (Å²) in [6.07, 6.45) is 9.40. The first-order valence-corrected chi connectivity index (χ1v) is 10.6. The van der Waals surface area contributed by atoms with Crippen molar-refractivity contribution in [3.05, 3.63) is 51.8 Å². The topological polar surface area (TPSA) is 38.1 Å². The summed E-state index contributed by atoms with van der Waals surface area (Å²) >= 11 is 6.08. The highest BCUT2D eigenvalue weighted by Gasteiger charge is 2.29. The smallest absolute Gasteiger partial charge is 0.223 e. The fourth-order valence-corrected chi connectivity index (χ4v) is 4.92. The van der Waals surface area contributed by atoms with Crippen LogP contribution in [0.4, 0.5) is 0 Å². The predicted octanol–water partition coefficient (Wildman–Crippen LogP) is 4.47. The van der Waals surface area contributed by atoms with Crippen molar-refractivity contribution in [2.24, 2.45) is 7.05 Å². The molecule has 1 aromatic heterocycles. The fraction of sp³-hybridized carbons (Fsp3) is 0.545. The molecule has 0 radical (unpaired) electrons. The zero-order valence-corrected chi connectivity index (χ0v) is 16.8. The lowest BCUT2D eigenvalue weighted by Gasteiger charge is -2.29. The number of aromatic nitrogens is 2. The van der Waals surface area contributed by atoms with Crippen LogP contribution in [-0.4, -0.2) is 26.6 Å². The van der Waals surface area contributed by atoms with Gasteiger partial charge >= 0.3 is 0 Å². The lowest BCUT2D eigenvalue weighted by atomic mass is 10.1. The molecule has 2 aliphatic rings. The number of fused-ring (bicyclic) bond motifs is 1. The van der Waals surface area contributed by atoms with Gasteiger partial charge in [0.05, 0.1) is 12.2 Å². The molecule has 2 aromatic rings. The number of nitrogens with zero attached hydrogens (tertiary/aromatic N) is 3. The number of rotatable bonds is 6. The minimum atomic E-state index is 0.249. The van der Waals surface area contributed by atoms with Gasteiger partial charge in [-0.15, -0.1) is 0 Å². The summed E-state index contributed by atoms with van der Waals surface area (Å²) in [5.41, 5.74) is 5.00. The number of amides is 1. The van der Waals surface area contributed by atoms with Crippen molar-refractivity contribution in [1.82, 2.24) is 14.7 Å². The predicted molar refractivity (Wildman–Crippen MR) is 108 cm³/mol. The molecule has 1 amide bonds. The van der Waals surface area contributed by atoms with E-state index < -0.39 is 0 Å². The molecule has 0 atom stereocenters. The average molecular weight is 386 g/mol. The van der Waals surface area contributed by atoms with Crippen LogP contribution in [0.2, 0.25) is 5.02 Å². The van der Waals surface area contributed by atoms with E-state index in [-0.39, 0.29) is 5.91 Å². The van der Waals surface area contributed by atoms with Crippen LogP contribution in [0.1, 0.15) is 61.0 Å². The molecule has 2 aliphatic carbocycles. The number of carbonyl (C=O) groups excluding carboxylic acids is 1. The highest BCUT2D eigenvalue weighted by Crippen LogP contribution is 2.29. The van der Waals surface area contributed by atoms with E-state index in [2.05, 4.69) is 4.90 Å². The van der Waals surface area contributed by atoms with E-state index in [1.165, 1.54) is 30.5 Å². The van der Waals surface area contributed by atoms with E-state index in [9.17, 15) is 4.79 Å². The molecular formula is C22H28ClN3O. The van der Waals surface area contributed by atoms with Gasteiger partial charge in [-0.1, -0.05) is 36.6 Å². The third-order valence-electron chi connectivity index (χ3n) is 6.12. The first-order valence-electron chi connectivity index (χ1n) is 10.2. The summed E-state index contributed by atoms with van der Waals surface area (Å²) in [6.45, 7) is 0.669. The van der Waals surface area contributed by atoms with Crippen LogP contribution in [0.3, 0.4) is 0 Å². The van der Waals surface area contributed by atoms with Crippen molar-refractivity contribution < 1.29 is 4.79 Å². The van der Waals surface area contributed by atoms with Gasteiger partial charge in [-0.2, -0.15) is 5.10 Å². The normalized spacial score (nSPS) is 16.7. The molecule has 1 saturated carbocycles. The summed E-state index contributed by atoms with van der Waals surface area (Å²) in [5.74, 6) is 0.249. The molecule has 0 bridgehead atoms. The zero-order valence-electron chi connectivity index (χ0n) is 16.1. The monoisotopic (exact) mass is 385 g/mol. The highest BCUT2D eigenvalue weighted by molar-refractivity contribution is 6.30. The molecule has 144 valence electrons. The number of halogens is 1. The molecule has 0 aliphatic heterocycles. The number of carbonyl (C=O) groups is 1. The van der Waals surface area contributed by atoms with E-state index in [0.717, 1.165) is 48.4 Å². The largest absolute Gasteiger partial charge is 0.334 e. The van der Waals surface area contributed by atoms with Crippen LogP contribution in [0, 0.1) is 0 Å². The second-order valence-corrected chi connectivity index (χ2v) is 8.38. The van der Waals surface area contributed by atoms with Crippen molar-refractivity contribution in [3.63, 3.8) is 0 Å². The Morgan fingerprint density at radius 2 is 2.07 bits per heavy atom. The molecule has 1 aromatic carbocycles. The first-order chi connectivity index (χ1) is 13.1. The van der Waals surface area contributed by atoms with E-state index >= 15 is 0 Å². The second-order valence-electron chi connectivity index (χ2n) is 7.94. The van der Waals surface area contributed by atoms with Gasteiger partial charge in [0.15, 0.2) is 0 Å². The molecule has 0 saturated heterocycles. The fourth-order valence-electron chi connectivity index (χ4n) is 4.71. The number of hydrogen-bond acceptors (Lipinski definition) is 2. The average Bonchev–Trinajstić information content (AvgIpc) is 3.38. The van der Waals surface area contributed by atoms with Crippen molar-refractivity contribution in [2.45, 2.75) is 70.4 Å². The summed E-state index contributed by atoms with van der Waals surface area (Å²) in [6, 6.07) is 8.20. The summed E-state index contributed by atoms with van der Waals surface area (Å²) in [5, 5.41) is 5.49. The van der Waals surface area contributed by atoms with Crippen molar-refractivity contribution in [3.8, 4) is 0 Å². The minimum Gasteiger partial charge on any atom is -0.334 e. The van der Waals surface area contributed by atoms with E-state index in [0.29, 0.717) is 19.0 Å². The highest BCUT2D eigenvalue weighted by atomic mass is 35.5. The lowest BCUT2D eigenvalue weighted by Crippen LogP contribution is -2.38. The van der Waals surface area contributed by atoms with Gasteiger partial charge in [0, 0.05) is 30.2 Å². The Labute approximate surface area is 166 Å². The van der Waals surface area contributed by atoms with Gasteiger partial charge in [0.25, 0.3) is 0 Å². The quantitative estimate of drug-likeness (QED) is 0.735. The van der Waals surface area contributed by atoms with Gasteiger partial charge in [-0.3, -0.25) is 9.48 Å². The Kier molecular flexibility index (Phi) is 5.53. The van der Waals surface area contributed by atoms with Gasteiger partial charge in [-0.05, 0) is 61.8 Å². The van der Waals surface area contributed by atoms with E-state index in [1.807, 2.05) is 36.0 Å². The number of hydrogen-bond donors (Lipinski definition) is 0. The maximum absolute atomic E-state index is 13.2. The van der Waals surface area contributed by atoms with Crippen LogP contribution in [-0.2, 0) is 37.6 Å². The molecule has 1 heterocycles. The zero-order chi connectivity index (χ0) is 18.8. The molecule has 27 heavy (non-hydrogen) atoms. The van der Waals surface area contributed by atoms with Crippen LogP contribution >= 0.6 is 11.6 Å². The Morgan fingerprint density at radius 3 is 2.85 bits per heavy atom. The Morgan fingerprint density at radius 1 is 1.26 bits per heavy atom. The van der Waals surface area contributed by atoms with Gasteiger partial charge in [0.1, 0.15) is 0 Å². The van der Waals surface area contributed by atoms with E-state index in [4.69, 9.17) is 16.7 Å². The molecule has 1 fully saturated rings. The summed E-state index contributed by atoms with van der Waals surface area (Å²) < 4.78 is 2.03. The Hall–Kier alpha value is -1.81. The minimum absolute atomic E-state index is 0.249. The molecule has 4 nitrogen and oxygen atoms in total.